The van der Waals surface area contributed by atoms with E-state index in [-0.39, 0.29) is 22.5 Å². The zero-order valence-corrected chi connectivity index (χ0v) is 9.44. The molecule has 1 aromatic carbocycles. The summed E-state index contributed by atoms with van der Waals surface area (Å²) in [5, 5.41) is 0. The van der Waals surface area contributed by atoms with Gasteiger partial charge < -0.3 is 4.74 Å². The van der Waals surface area contributed by atoms with E-state index in [0.717, 1.165) is 0 Å². The van der Waals surface area contributed by atoms with Crippen molar-refractivity contribution in [2.45, 2.75) is 6.92 Å². The van der Waals surface area contributed by atoms with Gasteiger partial charge in [0.1, 0.15) is 5.57 Å². The van der Waals surface area contributed by atoms with Crippen molar-refractivity contribution >= 4 is 17.5 Å². The summed E-state index contributed by atoms with van der Waals surface area (Å²) in [5.74, 6) is -1.53. The number of methoxy groups -OCH3 is 1. The number of ether oxygens (including phenoxy) is 1. The molecule has 2 rings (SSSR count). The first-order valence-corrected chi connectivity index (χ1v) is 5.05. The fourth-order valence-electron chi connectivity index (χ4n) is 1.85. The highest BCUT2D eigenvalue weighted by molar-refractivity contribution is 6.35. The number of esters is 1. The maximum absolute atomic E-state index is 12.1. The summed E-state index contributed by atoms with van der Waals surface area (Å²) < 4.78 is 4.52. The Morgan fingerprint density at radius 2 is 1.59 bits per heavy atom. The number of hydrogen-bond acceptors (Lipinski definition) is 4. The molecule has 0 radical (unpaired) electrons. The van der Waals surface area contributed by atoms with Crippen molar-refractivity contribution < 1.29 is 19.1 Å². The lowest BCUT2D eigenvalue weighted by Gasteiger charge is -2.16. The molecule has 1 aliphatic carbocycles. The molecule has 0 heterocycles. The predicted molar refractivity (Wildman–Crippen MR) is 59.8 cm³/mol. The van der Waals surface area contributed by atoms with Crippen LogP contribution in [0.25, 0.3) is 0 Å². The van der Waals surface area contributed by atoms with Crippen LogP contribution in [0.4, 0.5) is 0 Å². The van der Waals surface area contributed by atoms with Crippen LogP contribution in [0.2, 0.25) is 0 Å². The SMILES string of the molecule is COC(=O)C1=C(C)C(=O)c2ccccc2C1=O. The molecule has 0 saturated heterocycles. The molecular weight excluding hydrogens is 220 g/mol. The molecule has 0 aliphatic heterocycles. The quantitative estimate of drug-likeness (QED) is 0.542. The molecule has 0 unspecified atom stereocenters. The van der Waals surface area contributed by atoms with E-state index in [4.69, 9.17) is 0 Å². The Labute approximate surface area is 97.9 Å². The van der Waals surface area contributed by atoms with Crippen LogP contribution in [-0.2, 0) is 9.53 Å². The molecule has 0 amide bonds. The molecular formula is C13H10O4. The number of carbonyl (C=O) groups is 3. The van der Waals surface area contributed by atoms with Crippen LogP contribution in [0.5, 0.6) is 0 Å². The van der Waals surface area contributed by atoms with E-state index in [2.05, 4.69) is 4.74 Å². The molecule has 0 fully saturated rings. The average Bonchev–Trinajstić information content (AvgIpc) is 2.36. The van der Waals surface area contributed by atoms with Crippen molar-refractivity contribution in [3.05, 3.63) is 46.5 Å². The van der Waals surface area contributed by atoms with Gasteiger partial charge in [-0.3, -0.25) is 9.59 Å². The van der Waals surface area contributed by atoms with E-state index in [9.17, 15) is 14.4 Å². The maximum Gasteiger partial charge on any atom is 0.342 e. The highest BCUT2D eigenvalue weighted by atomic mass is 16.5. The smallest absolute Gasteiger partial charge is 0.342 e. The van der Waals surface area contributed by atoms with Gasteiger partial charge in [-0.1, -0.05) is 24.3 Å². The van der Waals surface area contributed by atoms with Gasteiger partial charge in [-0.05, 0) is 6.92 Å². The van der Waals surface area contributed by atoms with E-state index < -0.39 is 11.8 Å². The second-order valence-electron chi connectivity index (χ2n) is 3.70. The number of fused-ring (bicyclic) bond motifs is 1. The van der Waals surface area contributed by atoms with Gasteiger partial charge in [0.2, 0.25) is 5.78 Å². The first kappa shape index (κ1) is 11.3. The second kappa shape index (κ2) is 3.97. The van der Waals surface area contributed by atoms with Crippen molar-refractivity contribution in [2.24, 2.45) is 0 Å². The monoisotopic (exact) mass is 230 g/mol. The maximum atomic E-state index is 12.1. The number of ketones is 2. The molecule has 1 aromatic rings. The van der Waals surface area contributed by atoms with Gasteiger partial charge >= 0.3 is 5.97 Å². The van der Waals surface area contributed by atoms with Crippen molar-refractivity contribution in [2.75, 3.05) is 7.11 Å². The lowest BCUT2D eigenvalue weighted by molar-refractivity contribution is -0.135. The van der Waals surface area contributed by atoms with Crippen molar-refractivity contribution in [3.63, 3.8) is 0 Å². The van der Waals surface area contributed by atoms with Gasteiger partial charge in [0, 0.05) is 16.7 Å². The summed E-state index contributed by atoms with van der Waals surface area (Å²) in [6.07, 6.45) is 0. The summed E-state index contributed by atoms with van der Waals surface area (Å²) in [5.41, 5.74) is 0.558. The molecule has 0 saturated carbocycles. The van der Waals surface area contributed by atoms with Gasteiger partial charge in [-0.15, -0.1) is 0 Å². The number of allylic oxidation sites excluding steroid dienone is 1. The van der Waals surface area contributed by atoms with Crippen molar-refractivity contribution in [1.82, 2.24) is 0 Å². The van der Waals surface area contributed by atoms with Crippen molar-refractivity contribution in [1.29, 1.82) is 0 Å². The third kappa shape index (κ3) is 1.58. The fourth-order valence-corrected chi connectivity index (χ4v) is 1.85. The van der Waals surface area contributed by atoms with Gasteiger partial charge in [-0.2, -0.15) is 0 Å². The van der Waals surface area contributed by atoms with Crippen LogP contribution >= 0.6 is 0 Å². The Kier molecular flexibility index (Phi) is 2.63. The first-order chi connectivity index (χ1) is 8.07. The normalized spacial score (nSPS) is 14.7. The molecule has 0 N–H and O–H groups in total. The minimum atomic E-state index is -0.768. The molecule has 1 aliphatic rings. The third-order valence-corrected chi connectivity index (χ3v) is 2.75. The summed E-state index contributed by atoms with van der Waals surface area (Å²) in [6.45, 7) is 1.46. The Bertz CT molecular complexity index is 567. The highest BCUT2D eigenvalue weighted by Crippen LogP contribution is 2.26. The minimum absolute atomic E-state index is 0.139. The van der Waals surface area contributed by atoms with E-state index in [0.29, 0.717) is 5.56 Å². The predicted octanol–water partition coefficient (Wildman–Crippen LogP) is 1.56. The zero-order chi connectivity index (χ0) is 12.6. The van der Waals surface area contributed by atoms with Crippen LogP contribution < -0.4 is 0 Å². The Morgan fingerprint density at radius 3 is 2.12 bits per heavy atom. The molecule has 0 spiro atoms. The lowest BCUT2D eigenvalue weighted by atomic mass is 9.85. The van der Waals surface area contributed by atoms with Crippen LogP contribution in [0.1, 0.15) is 27.6 Å². The Balaban J connectivity index is 2.66. The summed E-state index contributed by atoms with van der Waals surface area (Å²) in [4.78, 5) is 35.5. The van der Waals surface area contributed by atoms with Crippen LogP contribution in [0, 0.1) is 0 Å². The largest absolute Gasteiger partial charge is 0.465 e. The molecule has 0 bridgehead atoms. The first-order valence-electron chi connectivity index (χ1n) is 5.05. The summed E-state index contributed by atoms with van der Waals surface area (Å²) >= 11 is 0. The molecule has 4 heteroatoms. The zero-order valence-electron chi connectivity index (χ0n) is 9.44. The minimum Gasteiger partial charge on any atom is -0.465 e. The number of Topliss-reactive ketones (excluding diaryl/α,β-unsaturated/α-hetero) is 2. The van der Waals surface area contributed by atoms with Gasteiger partial charge in [0.15, 0.2) is 5.78 Å². The third-order valence-electron chi connectivity index (χ3n) is 2.75. The molecule has 86 valence electrons. The van der Waals surface area contributed by atoms with E-state index in [1.807, 2.05) is 0 Å². The van der Waals surface area contributed by atoms with Gasteiger partial charge in [0.25, 0.3) is 0 Å². The number of carbonyl (C=O) groups excluding carboxylic acids is 3. The van der Waals surface area contributed by atoms with Gasteiger partial charge in [-0.25, -0.2) is 4.79 Å². The fraction of sp³-hybridized carbons (Fsp3) is 0.154. The summed E-state index contributed by atoms with van der Waals surface area (Å²) in [7, 11) is 1.18. The molecule has 17 heavy (non-hydrogen) atoms. The van der Waals surface area contributed by atoms with E-state index >= 15 is 0 Å². The topological polar surface area (TPSA) is 60.4 Å². The molecule has 0 atom stereocenters. The van der Waals surface area contributed by atoms with Gasteiger partial charge in [0.05, 0.1) is 7.11 Å². The van der Waals surface area contributed by atoms with E-state index in [1.54, 1.807) is 18.2 Å². The summed E-state index contributed by atoms with van der Waals surface area (Å²) in [6, 6.07) is 6.44. The van der Waals surface area contributed by atoms with E-state index in [1.165, 1.54) is 20.1 Å². The second-order valence-corrected chi connectivity index (χ2v) is 3.70. The van der Waals surface area contributed by atoms with Crippen LogP contribution in [0.3, 0.4) is 0 Å². The molecule has 4 nitrogen and oxygen atoms in total. The number of benzene rings is 1. The number of rotatable bonds is 1. The Morgan fingerprint density at radius 1 is 1.06 bits per heavy atom. The standard InChI is InChI=1S/C13H10O4/c1-7-10(13(16)17-2)12(15)9-6-4-3-5-8(9)11(7)14/h3-6H,1-2H3. The molecule has 0 aromatic heterocycles. The highest BCUT2D eigenvalue weighted by Gasteiger charge is 2.33. The number of hydrogen-bond donors (Lipinski definition) is 0. The van der Waals surface area contributed by atoms with Crippen LogP contribution in [-0.4, -0.2) is 24.6 Å². The average molecular weight is 230 g/mol. The lowest BCUT2D eigenvalue weighted by Crippen LogP contribution is -2.26. The van der Waals surface area contributed by atoms with Crippen molar-refractivity contribution in [3.8, 4) is 0 Å². The Hall–Kier alpha value is -2.23. The van der Waals surface area contributed by atoms with Crippen LogP contribution in [0.15, 0.2) is 35.4 Å².